The second-order valence-corrected chi connectivity index (χ2v) is 5.59. The number of phenols is 1. The highest BCUT2D eigenvalue weighted by Gasteiger charge is 2.37. The number of phenolic OH excluding ortho intramolecular Hbond substituents is 1. The van der Waals surface area contributed by atoms with E-state index in [1.54, 1.807) is 25.3 Å². The molecule has 0 bridgehead atoms. The lowest BCUT2D eigenvalue weighted by molar-refractivity contribution is -0.0365. The lowest BCUT2D eigenvalue weighted by Gasteiger charge is -2.27. The molecule has 0 saturated heterocycles. The molecule has 1 heterocycles. The molecule has 0 atom stereocenters. The fourth-order valence-electron chi connectivity index (χ4n) is 2.98. The van der Waals surface area contributed by atoms with E-state index in [1.807, 2.05) is 6.07 Å². The molecule has 0 aliphatic heterocycles. The van der Waals surface area contributed by atoms with Crippen LogP contribution in [0, 0.1) is 0 Å². The van der Waals surface area contributed by atoms with Gasteiger partial charge in [0.2, 0.25) is 5.82 Å². The predicted octanol–water partition coefficient (Wildman–Crippen LogP) is 3.64. The van der Waals surface area contributed by atoms with Crippen molar-refractivity contribution in [2.45, 2.75) is 44.1 Å². The van der Waals surface area contributed by atoms with Crippen LogP contribution in [-0.4, -0.2) is 22.4 Å². The number of nitrogens with zero attached hydrogens (tertiary/aromatic N) is 2. The molecular formula is C16H20N2O3. The number of aromatic hydroxyl groups is 1. The van der Waals surface area contributed by atoms with Crippen LogP contribution >= 0.6 is 0 Å². The zero-order chi connectivity index (χ0) is 14.7. The summed E-state index contributed by atoms with van der Waals surface area (Å²) < 4.78 is 11.2. The van der Waals surface area contributed by atoms with Crippen LogP contribution in [0.15, 0.2) is 28.8 Å². The monoisotopic (exact) mass is 288 g/mol. The van der Waals surface area contributed by atoms with Crippen molar-refractivity contribution < 1.29 is 14.4 Å². The molecule has 0 radical (unpaired) electrons. The quantitative estimate of drug-likeness (QED) is 0.873. The maximum atomic E-state index is 9.55. The third-order valence-corrected chi connectivity index (χ3v) is 4.23. The molecule has 0 unspecified atom stereocenters. The Labute approximate surface area is 123 Å². The fourth-order valence-corrected chi connectivity index (χ4v) is 2.98. The fraction of sp³-hybridized carbons (Fsp3) is 0.500. The molecule has 21 heavy (non-hydrogen) atoms. The average Bonchev–Trinajstić information content (AvgIpc) is 2.87. The number of rotatable bonds is 3. The van der Waals surface area contributed by atoms with E-state index in [0.29, 0.717) is 17.3 Å². The highest BCUT2D eigenvalue weighted by molar-refractivity contribution is 5.55. The Kier molecular flexibility index (Phi) is 3.92. The molecule has 1 aliphatic carbocycles. The maximum Gasteiger partial charge on any atom is 0.258 e. The molecule has 2 aromatic rings. The number of benzene rings is 1. The number of aromatic nitrogens is 2. The van der Waals surface area contributed by atoms with E-state index in [4.69, 9.17) is 9.26 Å². The number of hydrogen-bond donors (Lipinski definition) is 1. The third-order valence-electron chi connectivity index (χ3n) is 4.23. The van der Waals surface area contributed by atoms with Crippen molar-refractivity contribution in [3.8, 4) is 17.2 Å². The molecule has 1 aliphatic rings. The Bertz CT molecular complexity index is 601. The topological polar surface area (TPSA) is 68.4 Å². The first-order chi connectivity index (χ1) is 10.2. The van der Waals surface area contributed by atoms with Gasteiger partial charge in [-0.2, -0.15) is 4.98 Å². The molecule has 5 heteroatoms. The predicted molar refractivity (Wildman–Crippen MR) is 77.8 cm³/mol. The van der Waals surface area contributed by atoms with Crippen molar-refractivity contribution >= 4 is 0 Å². The average molecular weight is 288 g/mol. The van der Waals surface area contributed by atoms with Crippen molar-refractivity contribution in [2.75, 3.05) is 7.11 Å². The smallest absolute Gasteiger partial charge is 0.258 e. The summed E-state index contributed by atoms with van der Waals surface area (Å²) in [6.07, 6.45) is 6.52. The minimum Gasteiger partial charge on any atom is -0.508 e. The van der Waals surface area contributed by atoms with Crippen LogP contribution in [-0.2, 0) is 10.3 Å². The summed E-state index contributed by atoms with van der Waals surface area (Å²) in [6, 6.07) is 6.82. The zero-order valence-corrected chi connectivity index (χ0v) is 12.2. The minimum atomic E-state index is -0.435. The maximum absolute atomic E-state index is 9.55. The molecule has 112 valence electrons. The van der Waals surface area contributed by atoms with Gasteiger partial charge in [0.25, 0.3) is 5.89 Å². The molecule has 0 amide bonds. The van der Waals surface area contributed by atoms with Gasteiger partial charge in [-0.3, -0.25) is 0 Å². The van der Waals surface area contributed by atoms with E-state index < -0.39 is 5.60 Å². The number of hydrogen-bond acceptors (Lipinski definition) is 5. The first kappa shape index (κ1) is 14.1. The molecule has 0 spiro atoms. The molecule has 1 fully saturated rings. The summed E-state index contributed by atoms with van der Waals surface area (Å²) >= 11 is 0. The van der Waals surface area contributed by atoms with Gasteiger partial charge in [-0.05, 0) is 31.0 Å². The first-order valence-electron chi connectivity index (χ1n) is 7.42. The summed E-state index contributed by atoms with van der Waals surface area (Å²) in [6.45, 7) is 0. The SMILES string of the molecule is COC1(c2noc(-c3cccc(O)c3)n2)CCCCCC1. The number of methoxy groups -OCH3 is 1. The van der Waals surface area contributed by atoms with Gasteiger partial charge >= 0.3 is 0 Å². The van der Waals surface area contributed by atoms with Gasteiger partial charge in [0.15, 0.2) is 0 Å². The molecule has 1 aromatic carbocycles. The largest absolute Gasteiger partial charge is 0.508 e. The van der Waals surface area contributed by atoms with Gasteiger partial charge < -0.3 is 14.4 Å². The standard InChI is InChI=1S/C16H20N2O3/c1-20-16(9-4-2-3-5-10-16)15-17-14(21-18-15)12-7-6-8-13(19)11-12/h6-8,11,19H,2-5,9-10H2,1H3. The summed E-state index contributed by atoms with van der Waals surface area (Å²) in [7, 11) is 1.72. The Morgan fingerprint density at radius 1 is 1.19 bits per heavy atom. The summed E-state index contributed by atoms with van der Waals surface area (Å²) in [5.41, 5.74) is 0.281. The first-order valence-corrected chi connectivity index (χ1v) is 7.42. The number of ether oxygens (including phenoxy) is 1. The van der Waals surface area contributed by atoms with Gasteiger partial charge in [-0.25, -0.2) is 0 Å². The van der Waals surface area contributed by atoms with Gasteiger partial charge in [-0.15, -0.1) is 0 Å². The summed E-state index contributed by atoms with van der Waals surface area (Å²) in [5, 5.41) is 13.7. The normalized spacial score (nSPS) is 18.3. The van der Waals surface area contributed by atoms with Crippen molar-refractivity contribution in [1.82, 2.24) is 10.1 Å². The van der Waals surface area contributed by atoms with E-state index in [1.165, 1.54) is 12.8 Å². The second-order valence-electron chi connectivity index (χ2n) is 5.59. The van der Waals surface area contributed by atoms with Crippen LogP contribution < -0.4 is 0 Å². The van der Waals surface area contributed by atoms with Crippen molar-refractivity contribution in [2.24, 2.45) is 0 Å². The van der Waals surface area contributed by atoms with E-state index >= 15 is 0 Å². The van der Waals surface area contributed by atoms with Crippen LogP contribution in [0.5, 0.6) is 5.75 Å². The highest BCUT2D eigenvalue weighted by Crippen LogP contribution is 2.38. The van der Waals surface area contributed by atoms with Gasteiger partial charge in [0.05, 0.1) is 0 Å². The Morgan fingerprint density at radius 2 is 1.95 bits per heavy atom. The lowest BCUT2D eigenvalue weighted by Crippen LogP contribution is -2.29. The van der Waals surface area contributed by atoms with E-state index in [2.05, 4.69) is 10.1 Å². The van der Waals surface area contributed by atoms with Crippen LogP contribution in [0.3, 0.4) is 0 Å². The Hall–Kier alpha value is -1.88. The molecule has 3 rings (SSSR count). The van der Waals surface area contributed by atoms with Gasteiger partial charge in [-0.1, -0.05) is 36.9 Å². The van der Waals surface area contributed by atoms with Gasteiger partial charge in [0.1, 0.15) is 11.4 Å². The third kappa shape index (κ3) is 2.78. The van der Waals surface area contributed by atoms with E-state index in [9.17, 15) is 5.11 Å². The molecular weight excluding hydrogens is 268 g/mol. The van der Waals surface area contributed by atoms with Crippen LogP contribution in [0.2, 0.25) is 0 Å². The Morgan fingerprint density at radius 3 is 2.62 bits per heavy atom. The second kappa shape index (κ2) is 5.85. The zero-order valence-electron chi connectivity index (χ0n) is 12.2. The van der Waals surface area contributed by atoms with E-state index in [-0.39, 0.29) is 5.75 Å². The lowest BCUT2D eigenvalue weighted by atomic mass is 9.93. The van der Waals surface area contributed by atoms with Crippen LogP contribution in [0.1, 0.15) is 44.3 Å². The minimum absolute atomic E-state index is 0.183. The van der Waals surface area contributed by atoms with Crippen LogP contribution in [0.4, 0.5) is 0 Å². The van der Waals surface area contributed by atoms with Gasteiger partial charge in [0, 0.05) is 12.7 Å². The highest BCUT2D eigenvalue weighted by atomic mass is 16.5. The Balaban J connectivity index is 1.92. The van der Waals surface area contributed by atoms with Crippen LogP contribution in [0.25, 0.3) is 11.5 Å². The van der Waals surface area contributed by atoms with Crippen molar-refractivity contribution in [3.63, 3.8) is 0 Å². The summed E-state index contributed by atoms with van der Waals surface area (Å²) in [5.74, 6) is 1.22. The molecule has 1 saturated carbocycles. The molecule has 1 aromatic heterocycles. The summed E-state index contributed by atoms with van der Waals surface area (Å²) in [4.78, 5) is 4.52. The van der Waals surface area contributed by atoms with E-state index in [0.717, 1.165) is 25.7 Å². The van der Waals surface area contributed by atoms with Crippen molar-refractivity contribution in [1.29, 1.82) is 0 Å². The molecule has 1 N–H and O–H groups in total. The van der Waals surface area contributed by atoms with Crippen molar-refractivity contribution in [3.05, 3.63) is 30.1 Å². The molecule has 5 nitrogen and oxygen atoms in total.